The molecule has 1 heterocycles. The lowest BCUT2D eigenvalue weighted by atomic mass is 10.0. The number of aliphatic imine (C=N–C) groups is 1. The number of piperidine rings is 1. The average molecular weight is 391 g/mol. The molecule has 6 heteroatoms. The summed E-state index contributed by atoms with van der Waals surface area (Å²) in [6.07, 6.45) is 4.93. The third kappa shape index (κ3) is 8.17. The normalized spacial score (nSPS) is 18.2. The van der Waals surface area contributed by atoms with E-state index in [1.54, 1.807) is 7.11 Å². The van der Waals surface area contributed by atoms with Crippen molar-refractivity contribution in [3.05, 3.63) is 35.4 Å². The molecule has 1 aliphatic rings. The summed E-state index contributed by atoms with van der Waals surface area (Å²) in [4.78, 5) is 6.94. The molecule has 0 saturated carbocycles. The molecule has 1 fully saturated rings. The second-order valence-electron chi connectivity index (χ2n) is 7.40. The van der Waals surface area contributed by atoms with Crippen molar-refractivity contribution in [2.24, 2.45) is 4.99 Å². The Kier molecular flexibility index (Phi) is 10.9. The predicted octanol–water partition coefficient (Wildman–Crippen LogP) is 2.78. The van der Waals surface area contributed by atoms with E-state index < -0.39 is 0 Å². The number of hydrogen-bond acceptors (Lipinski definition) is 4. The molecule has 0 amide bonds. The molecule has 2 N–H and O–H groups in total. The number of methoxy groups -OCH3 is 1. The van der Waals surface area contributed by atoms with Crippen LogP contribution in [0.3, 0.4) is 0 Å². The van der Waals surface area contributed by atoms with Crippen molar-refractivity contribution in [3.63, 3.8) is 0 Å². The molecule has 0 aromatic heterocycles. The summed E-state index contributed by atoms with van der Waals surface area (Å²) in [6, 6.07) is 9.41. The van der Waals surface area contributed by atoms with Gasteiger partial charge in [-0.25, -0.2) is 0 Å². The smallest absolute Gasteiger partial charge is 0.191 e. The van der Waals surface area contributed by atoms with Crippen LogP contribution in [0.2, 0.25) is 0 Å². The van der Waals surface area contributed by atoms with Crippen molar-refractivity contribution >= 4 is 5.96 Å². The average Bonchev–Trinajstić information content (AvgIpc) is 2.72. The molecule has 1 aromatic carbocycles. The molecular formula is C22H38N4O2. The molecule has 1 atom stereocenters. The molecule has 1 saturated heterocycles. The minimum absolute atomic E-state index is 0.645. The van der Waals surface area contributed by atoms with Crippen LogP contribution in [0.15, 0.2) is 29.3 Å². The lowest BCUT2D eigenvalue weighted by Gasteiger charge is -2.33. The highest BCUT2D eigenvalue weighted by atomic mass is 16.5. The number of benzene rings is 1. The SMILES string of the molecule is CN=C(NCCCOCCOC)NCc1ccccc1CN1CCCCC1C. The summed E-state index contributed by atoms with van der Waals surface area (Å²) < 4.78 is 10.5. The summed E-state index contributed by atoms with van der Waals surface area (Å²) in [5, 5.41) is 6.80. The fourth-order valence-electron chi connectivity index (χ4n) is 3.52. The van der Waals surface area contributed by atoms with Crippen LogP contribution in [0.1, 0.15) is 43.7 Å². The minimum atomic E-state index is 0.645. The van der Waals surface area contributed by atoms with Gasteiger partial charge >= 0.3 is 0 Å². The van der Waals surface area contributed by atoms with Crippen molar-refractivity contribution in [3.8, 4) is 0 Å². The molecule has 0 radical (unpaired) electrons. The minimum Gasteiger partial charge on any atom is -0.382 e. The van der Waals surface area contributed by atoms with E-state index in [1.807, 2.05) is 7.05 Å². The highest BCUT2D eigenvalue weighted by Crippen LogP contribution is 2.20. The van der Waals surface area contributed by atoms with Gasteiger partial charge in [0.2, 0.25) is 0 Å². The topological polar surface area (TPSA) is 58.1 Å². The number of likely N-dealkylation sites (tertiary alicyclic amines) is 1. The number of rotatable bonds is 11. The lowest BCUT2D eigenvalue weighted by molar-refractivity contribution is 0.0698. The summed E-state index contributed by atoms with van der Waals surface area (Å²) in [6.45, 7) is 8.22. The van der Waals surface area contributed by atoms with Crippen LogP contribution < -0.4 is 10.6 Å². The Bertz CT molecular complexity index is 579. The molecule has 2 rings (SSSR count). The molecule has 6 nitrogen and oxygen atoms in total. The zero-order valence-electron chi connectivity index (χ0n) is 17.9. The van der Waals surface area contributed by atoms with Gasteiger partial charge in [-0.15, -0.1) is 0 Å². The van der Waals surface area contributed by atoms with Crippen LogP contribution >= 0.6 is 0 Å². The van der Waals surface area contributed by atoms with E-state index in [2.05, 4.69) is 51.7 Å². The quantitative estimate of drug-likeness (QED) is 0.346. The molecule has 158 valence electrons. The third-order valence-electron chi connectivity index (χ3n) is 5.29. The Balaban J connectivity index is 1.76. The summed E-state index contributed by atoms with van der Waals surface area (Å²) >= 11 is 0. The van der Waals surface area contributed by atoms with Crippen LogP contribution in [-0.4, -0.2) is 64.0 Å². The Labute approximate surface area is 170 Å². The maximum atomic E-state index is 5.49. The molecule has 0 bridgehead atoms. The summed E-state index contributed by atoms with van der Waals surface area (Å²) in [7, 11) is 3.50. The number of nitrogens with one attached hydrogen (secondary N) is 2. The van der Waals surface area contributed by atoms with Gasteiger partial charge < -0.3 is 20.1 Å². The Morgan fingerprint density at radius 3 is 2.71 bits per heavy atom. The molecule has 1 aliphatic heterocycles. The highest BCUT2D eigenvalue weighted by molar-refractivity contribution is 5.79. The van der Waals surface area contributed by atoms with E-state index in [-0.39, 0.29) is 0 Å². The predicted molar refractivity (Wildman–Crippen MR) is 116 cm³/mol. The lowest BCUT2D eigenvalue weighted by Crippen LogP contribution is -2.39. The second kappa shape index (κ2) is 13.5. The monoisotopic (exact) mass is 390 g/mol. The number of ether oxygens (including phenoxy) is 2. The number of nitrogens with zero attached hydrogens (tertiary/aromatic N) is 2. The Morgan fingerprint density at radius 1 is 1.14 bits per heavy atom. The summed E-state index contributed by atoms with van der Waals surface area (Å²) in [5.41, 5.74) is 2.75. The highest BCUT2D eigenvalue weighted by Gasteiger charge is 2.19. The molecular weight excluding hydrogens is 352 g/mol. The molecule has 28 heavy (non-hydrogen) atoms. The van der Waals surface area contributed by atoms with Gasteiger partial charge in [0, 0.05) is 46.4 Å². The standard InChI is InChI=1S/C22H38N4O2/c1-19-9-6-7-13-26(19)18-21-11-5-4-10-20(21)17-25-22(23-2)24-12-8-14-28-16-15-27-3/h4-5,10-11,19H,6-9,12-18H2,1-3H3,(H2,23,24,25). The fraction of sp³-hybridized carbons (Fsp3) is 0.682. The van der Waals surface area contributed by atoms with Crippen molar-refractivity contribution in [1.82, 2.24) is 15.5 Å². The van der Waals surface area contributed by atoms with Gasteiger partial charge in [0.1, 0.15) is 0 Å². The van der Waals surface area contributed by atoms with Crippen molar-refractivity contribution < 1.29 is 9.47 Å². The summed E-state index contributed by atoms with van der Waals surface area (Å²) in [5.74, 6) is 0.832. The van der Waals surface area contributed by atoms with Gasteiger partial charge in [-0.2, -0.15) is 0 Å². The van der Waals surface area contributed by atoms with E-state index in [0.717, 1.165) is 38.6 Å². The van der Waals surface area contributed by atoms with Crippen LogP contribution in [-0.2, 0) is 22.6 Å². The maximum Gasteiger partial charge on any atom is 0.191 e. The zero-order valence-corrected chi connectivity index (χ0v) is 17.9. The van der Waals surface area contributed by atoms with Crippen LogP contribution in [0.25, 0.3) is 0 Å². The van der Waals surface area contributed by atoms with Crippen molar-refractivity contribution in [2.45, 2.75) is 51.7 Å². The van der Waals surface area contributed by atoms with Crippen LogP contribution in [0.5, 0.6) is 0 Å². The van der Waals surface area contributed by atoms with E-state index in [4.69, 9.17) is 9.47 Å². The van der Waals surface area contributed by atoms with Gasteiger partial charge in [0.15, 0.2) is 5.96 Å². The van der Waals surface area contributed by atoms with Crippen LogP contribution in [0, 0.1) is 0 Å². The zero-order chi connectivity index (χ0) is 20.0. The Morgan fingerprint density at radius 2 is 1.96 bits per heavy atom. The van der Waals surface area contributed by atoms with E-state index in [1.165, 1.54) is 36.9 Å². The third-order valence-corrected chi connectivity index (χ3v) is 5.29. The van der Waals surface area contributed by atoms with Gasteiger partial charge in [-0.05, 0) is 43.9 Å². The van der Waals surface area contributed by atoms with E-state index in [0.29, 0.717) is 19.3 Å². The molecule has 1 aromatic rings. The number of hydrogen-bond donors (Lipinski definition) is 2. The fourth-order valence-corrected chi connectivity index (χ4v) is 3.52. The second-order valence-corrected chi connectivity index (χ2v) is 7.40. The molecule has 1 unspecified atom stereocenters. The van der Waals surface area contributed by atoms with E-state index >= 15 is 0 Å². The first-order chi connectivity index (χ1) is 13.7. The number of guanidine groups is 1. The van der Waals surface area contributed by atoms with Gasteiger partial charge in [-0.3, -0.25) is 9.89 Å². The van der Waals surface area contributed by atoms with Gasteiger partial charge in [0.05, 0.1) is 13.2 Å². The Hall–Kier alpha value is -1.63. The van der Waals surface area contributed by atoms with Crippen molar-refractivity contribution in [1.29, 1.82) is 0 Å². The van der Waals surface area contributed by atoms with E-state index in [9.17, 15) is 0 Å². The largest absolute Gasteiger partial charge is 0.382 e. The molecule has 0 aliphatic carbocycles. The van der Waals surface area contributed by atoms with Crippen LogP contribution in [0.4, 0.5) is 0 Å². The van der Waals surface area contributed by atoms with Crippen molar-refractivity contribution in [2.75, 3.05) is 47.1 Å². The molecule has 0 spiro atoms. The maximum absolute atomic E-state index is 5.49. The first kappa shape index (κ1) is 22.7. The van der Waals surface area contributed by atoms with Gasteiger partial charge in [-0.1, -0.05) is 30.7 Å². The first-order valence-electron chi connectivity index (χ1n) is 10.6. The van der Waals surface area contributed by atoms with Gasteiger partial charge in [0.25, 0.3) is 0 Å². The first-order valence-corrected chi connectivity index (χ1v) is 10.6.